The third-order valence-corrected chi connectivity index (χ3v) is 8.12. The van der Waals surface area contributed by atoms with Gasteiger partial charge in [-0.05, 0) is 66.8 Å². The van der Waals surface area contributed by atoms with Crippen LogP contribution in [0.3, 0.4) is 0 Å². The molecule has 2 aromatic carbocycles. The van der Waals surface area contributed by atoms with Gasteiger partial charge in [-0.15, -0.1) is 0 Å². The number of Topliss-reactive ketones (excluding diaryl/α,β-unsaturated/α-hetero) is 1. The highest BCUT2D eigenvalue weighted by atomic mass is 16.5. The number of amides is 2. The number of carbonyl (C=O) groups excluding carboxylic acids is 3. The molecular formula is C26H25NO7. The number of carbonyl (C=O) groups is 3. The Morgan fingerprint density at radius 1 is 0.882 bits per heavy atom. The number of hydrogen-bond acceptors (Lipinski definition) is 7. The zero-order valence-corrected chi connectivity index (χ0v) is 18.5. The fourth-order valence-corrected chi connectivity index (χ4v) is 6.52. The summed E-state index contributed by atoms with van der Waals surface area (Å²) in [5, 5.41) is 21.1. The quantitative estimate of drug-likeness (QED) is 0.495. The maximum absolute atomic E-state index is 13.3. The van der Waals surface area contributed by atoms with Crippen molar-refractivity contribution in [3.05, 3.63) is 54.1 Å². The standard InChI is InChI=1S/C26H25NO7/c1-33-14-6-2-12(3-7-14)18(28)11-34-15-8-4-13(5-9-15)27-25(31)21-19-16-10-17(16)20(22(21)26(27)32)24(30)23(19)29/h2-9,16-17,19-24,29-30H,10-11H2,1H3. The highest BCUT2D eigenvalue weighted by Crippen LogP contribution is 2.68. The Bertz CT molecular complexity index is 1120. The van der Waals surface area contributed by atoms with Crippen LogP contribution in [0, 0.1) is 35.5 Å². The first kappa shape index (κ1) is 21.3. The van der Waals surface area contributed by atoms with E-state index in [0.29, 0.717) is 22.7 Å². The molecule has 2 aromatic rings. The molecule has 2 N–H and O–H groups in total. The molecular weight excluding hydrogens is 438 g/mol. The van der Waals surface area contributed by atoms with Gasteiger partial charge >= 0.3 is 0 Å². The minimum atomic E-state index is -0.953. The van der Waals surface area contributed by atoms with Gasteiger partial charge in [0, 0.05) is 17.4 Å². The smallest absolute Gasteiger partial charge is 0.238 e. The lowest BCUT2D eigenvalue weighted by molar-refractivity contribution is -0.170. The molecule has 4 aliphatic carbocycles. The average Bonchev–Trinajstić information content (AvgIpc) is 3.61. The fraction of sp³-hybridized carbons (Fsp3) is 0.423. The van der Waals surface area contributed by atoms with Gasteiger partial charge < -0.3 is 19.7 Å². The van der Waals surface area contributed by atoms with Crippen LogP contribution in [0.4, 0.5) is 5.69 Å². The van der Waals surface area contributed by atoms with Crippen LogP contribution in [-0.4, -0.2) is 53.7 Å². The fourth-order valence-electron chi connectivity index (χ4n) is 6.52. The second kappa shape index (κ2) is 7.65. The summed E-state index contributed by atoms with van der Waals surface area (Å²) < 4.78 is 10.7. The molecule has 1 heterocycles. The summed E-state index contributed by atoms with van der Waals surface area (Å²) in [4.78, 5) is 40.1. The van der Waals surface area contributed by atoms with Crippen molar-refractivity contribution in [2.75, 3.05) is 18.6 Å². The van der Waals surface area contributed by atoms with Gasteiger partial charge in [-0.3, -0.25) is 19.3 Å². The van der Waals surface area contributed by atoms with E-state index in [9.17, 15) is 24.6 Å². The molecule has 2 amide bonds. The lowest BCUT2D eigenvalue weighted by atomic mass is 9.57. The molecule has 0 spiro atoms. The molecule has 4 saturated carbocycles. The SMILES string of the molecule is COc1ccc(C(=O)COc2ccc(N3C(=O)C4C(C3=O)C3C(O)C(O)C4C4CC43)cc2)cc1. The number of ketones is 1. The van der Waals surface area contributed by atoms with Crippen molar-refractivity contribution in [3.8, 4) is 11.5 Å². The summed E-state index contributed by atoms with van der Waals surface area (Å²) in [5.74, 6) is -1.11. The Labute approximate surface area is 196 Å². The summed E-state index contributed by atoms with van der Waals surface area (Å²) in [7, 11) is 1.56. The van der Waals surface area contributed by atoms with E-state index < -0.39 is 24.0 Å². The van der Waals surface area contributed by atoms with Crippen molar-refractivity contribution >= 4 is 23.3 Å². The molecule has 8 nitrogen and oxygen atoms in total. The number of aliphatic hydroxyl groups is 2. The number of anilines is 1. The molecule has 176 valence electrons. The Morgan fingerprint density at radius 2 is 1.41 bits per heavy atom. The van der Waals surface area contributed by atoms with Crippen molar-refractivity contribution in [3.63, 3.8) is 0 Å². The number of ether oxygens (including phenoxy) is 2. The van der Waals surface area contributed by atoms with Crippen molar-refractivity contribution < 1.29 is 34.1 Å². The molecule has 7 rings (SSSR count). The van der Waals surface area contributed by atoms with E-state index in [4.69, 9.17) is 9.47 Å². The predicted octanol–water partition coefficient (Wildman–Crippen LogP) is 1.68. The number of hydrogen-bond donors (Lipinski definition) is 2. The third kappa shape index (κ3) is 3.02. The van der Waals surface area contributed by atoms with Gasteiger partial charge in [-0.2, -0.15) is 0 Å². The third-order valence-electron chi connectivity index (χ3n) is 8.12. The van der Waals surface area contributed by atoms with Crippen molar-refractivity contribution in [2.45, 2.75) is 18.6 Å². The zero-order chi connectivity index (χ0) is 23.7. The van der Waals surface area contributed by atoms with Crippen molar-refractivity contribution in [1.82, 2.24) is 0 Å². The second-order valence-electron chi connectivity index (χ2n) is 9.70. The molecule has 1 aliphatic heterocycles. The minimum Gasteiger partial charge on any atom is -0.497 e. The normalized spacial score (nSPS) is 35.1. The van der Waals surface area contributed by atoms with Crippen LogP contribution in [0.2, 0.25) is 0 Å². The number of methoxy groups -OCH3 is 1. The number of rotatable bonds is 6. The van der Waals surface area contributed by atoms with Gasteiger partial charge in [-0.1, -0.05) is 0 Å². The molecule has 0 aromatic heterocycles. The van der Waals surface area contributed by atoms with Crippen molar-refractivity contribution in [1.29, 1.82) is 0 Å². The van der Waals surface area contributed by atoms with E-state index in [2.05, 4.69) is 0 Å². The number of imide groups is 1. The number of nitrogens with zero attached hydrogens (tertiary/aromatic N) is 1. The topological polar surface area (TPSA) is 113 Å². The van der Waals surface area contributed by atoms with Gasteiger partial charge in [0.15, 0.2) is 12.4 Å². The van der Waals surface area contributed by atoms with E-state index in [1.807, 2.05) is 0 Å². The Kier molecular flexibility index (Phi) is 4.79. The molecule has 5 aliphatic rings. The molecule has 0 radical (unpaired) electrons. The largest absolute Gasteiger partial charge is 0.497 e. The first-order valence-electron chi connectivity index (χ1n) is 11.5. The van der Waals surface area contributed by atoms with E-state index in [1.165, 1.54) is 4.90 Å². The van der Waals surface area contributed by atoms with E-state index in [0.717, 1.165) is 6.42 Å². The predicted molar refractivity (Wildman–Crippen MR) is 119 cm³/mol. The van der Waals surface area contributed by atoms with Crippen LogP contribution in [-0.2, 0) is 9.59 Å². The number of benzene rings is 2. The monoisotopic (exact) mass is 463 g/mol. The van der Waals surface area contributed by atoms with Gasteiger partial charge in [0.05, 0.1) is 36.8 Å². The van der Waals surface area contributed by atoms with Gasteiger partial charge in [0.1, 0.15) is 11.5 Å². The van der Waals surface area contributed by atoms with Crippen LogP contribution in [0.5, 0.6) is 11.5 Å². The van der Waals surface area contributed by atoms with Gasteiger partial charge in [0.2, 0.25) is 11.8 Å². The van der Waals surface area contributed by atoms with Gasteiger partial charge in [0.25, 0.3) is 0 Å². The van der Waals surface area contributed by atoms with Crippen LogP contribution in [0.25, 0.3) is 0 Å². The Balaban J connectivity index is 1.16. The molecule has 8 heteroatoms. The zero-order valence-electron chi connectivity index (χ0n) is 18.5. The summed E-state index contributed by atoms with van der Waals surface area (Å²) in [6, 6.07) is 13.2. The van der Waals surface area contributed by atoms with Crippen LogP contribution in [0.15, 0.2) is 48.5 Å². The highest BCUT2D eigenvalue weighted by Gasteiger charge is 2.73. The Hall–Kier alpha value is -3.23. The van der Waals surface area contributed by atoms with Gasteiger partial charge in [-0.25, -0.2) is 0 Å². The lowest BCUT2D eigenvalue weighted by Crippen LogP contribution is -2.59. The first-order chi connectivity index (χ1) is 16.4. The molecule has 34 heavy (non-hydrogen) atoms. The lowest BCUT2D eigenvalue weighted by Gasteiger charge is -2.48. The van der Waals surface area contributed by atoms with E-state index in [1.54, 1.807) is 55.6 Å². The number of aliphatic hydroxyl groups excluding tert-OH is 2. The van der Waals surface area contributed by atoms with Crippen LogP contribution < -0.4 is 14.4 Å². The summed E-state index contributed by atoms with van der Waals surface area (Å²) in [5.41, 5.74) is 0.931. The summed E-state index contributed by atoms with van der Waals surface area (Å²) >= 11 is 0. The maximum atomic E-state index is 13.3. The van der Waals surface area contributed by atoms with E-state index in [-0.39, 0.29) is 47.9 Å². The van der Waals surface area contributed by atoms with Crippen LogP contribution in [0.1, 0.15) is 16.8 Å². The average molecular weight is 463 g/mol. The maximum Gasteiger partial charge on any atom is 0.238 e. The highest BCUT2D eigenvalue weighted by molar-refractivity contribution is 6.22. The summed E-state index contributed by atoms with van der Waals surface area (Å²) in [6.45, 7) is -0.153. The van der Waals surface area contributed by atoms with Crippen LogP contribution >= 0.6 is 0 Å². The van der Waals surface area contributed by atoms with E-state index >= 15 is 0 Å². The van der Waals surface area contributed by atoms with Crippen molar-refractivity contribution in [2.24, 2.45) is 35.5 Å². The molecule has 2 bridgehead atoms. The molecule has 8 unspecified atom stereocenters. The molecule has 1 saturated heterocycles. The first-order valence-corrected chi connectivity index (χ1v) is 11.5. The molecule has 8 atom stereocenters. The Morgan fingerprint density at radius 3 is 1.94 bits per heavy atom. The summed E-state index contributed by atoms with van der Waals surface area (Å²) in [6.07, 6.45) is -1.03. The second-order valence-corrected chi connectivity index (χ2v) is 9.70. The molecule has 5 fully saturated rings. The number of fused-ring (bicyclic) bond motifs is 1. The minimum absolute atomic E-state index is 0.153.